The molecule has 1 fully saturated rings. The van der Waals surface area contributed by atoms with Crippen LogP contribution < -0.4 is 19.1 Å². The predicted molar refractivity (Wildman–Crippen MR) is 148 cm³/mol. The minimum Gasteiger partial charge on any atom is -0.497 e. The summed E-state index contributed by atoms with van der Waals surface area (Å²) in [5, 5.41) is 0.387. The topological polar surface area (TPSA) is 77.0 Å². The van der Waals surface area contributed by atoms with Crippen LogP contribution in [-0.2, 0) is 6.42 Å². The van der Waals surface area contributed by atoms with Crippen molar-refractivity contribution < 1.29 is 19.0 Å². The molecule has 1 aliphatic heterocycles. The Morgan fingerprint density at radius 1 is 0.921 bits per heavy atom. The molecule has 8 nitrogen and oxygen atoms in total. The largest absolute Gasteiger partial charge is 0.497 e. The molecule has 1 aliphatic rings. The zero-order valence-corrected chi connectivity index (χ0v) is 22.5. The quantitative estimate of drug-likeness (QED) is 0.310. The molecule has 0 bridgehead atoms. The summed E-state index contributed by atoms with van der Waals surface area (Å²) in [5.74, 6) is 2.36. The maximum Gasteiger partial charge on any atom is 0.298 e. The first-order valence-electron chi connectivity index (χ1n) is 12.5. The van der Waals surface area contributed by atoms with E-state index in [2.05, 4.69) is 39.4 Å². The van der Waals surface area contributed by atoms with Gasteiger partial charge in [0.1, 0.15) is 5.75 Å². The van der Waals surface area contributed by atoms with Gasteiger partial charge in [0.05, 0.1) is 14.2 Å². The van der Waals surface area contributed by atoms with Gasteiger partial charge in [-0.1, -0.05) is 30.3 Å². The second kappa shape index (κ2) is 11.5. The molecule has 0 radical (unpaired) electrons. The lowest BCUT2D eigenvalue weighted by atomic mass is 10.1. The molecule has 9 heteroatoms. The Kier molecular flexibility index (Phi) is 7.74. The van der Waals surface area contributed by atoms with Crippen LogP contribution in [0, 0.1) is 6.92 Å². The van der Waals surface area contributed by atoms with Gasteiger partial charge in [0.25, 0.3) is 11.1 Å². The molecule has 4 aromatic rings. The highest BCUT2D eigenvalue weighted by molar-refractivity contribution is 7.07. The number of hydrogen-bond donors (Lipinski definition) is 0. The Labute approximate surface area is 226 Å². The lowest BCUT2D eigenvalue weighted by Crippen LogP contribution is -2.49. The minimum absolute atomic E-state index is 0.0297. The molecule has 3 aromatic carbocycles. The van der Waals surface area contributed by atoms with Gasteiger partial charge >= 0.3 is 0 Å². The molecule has 1 amide bonds. The smallest absolute Gasteiger partial charge is 0.298 e. The number of rotatable bonds is 8. The maximum absolute atomic E-state index is 13.3. The van der Waals surface area contributed by atoms with Gasteiger partial charge < -0.3 is 24.0 Å². The van der Waals surface area contributed by atoms with Gasteiger partial charge in [-0.2, -0.15) is 9.36 Å². The van der Waals surface area contributed by atoms with E-state index >= 15 is 0 Å². The van der Waals surface area contributed by atoms with Crippen LogP contribution in [0.3, 0.4) is 0 Å². The van der Waals surface area contributed by atoms with Gasteiger partial charge in [-0.25, -0.2) is 0 Å². The molecule has 0 aliphatic carbocycles. The van der Waals surface area contributed by atoms with Crippen molar-refractivity contribution >= 4 is 23.1 Å². The van der Waals surface area contributed by atoms with Gasteiger partial charge in [-0.3, -0.25) is 4.79 Å². The summed E-state index contributed by atoms with van der Waals surface area (Å²) >= 11 is 1.16. The molecule has 5 rings (SSSR count). The van der Waals surface area contributed by atoms with Crippen molar-refractivity contribution in [3.8, 4) is 22.4 Å². The Morgan fingerprint density at radius 2 is 1.74 bits per heavy atom. The van der Waals surface area contributed by atoms with E-state index in [1.165, 1.54) is 11.3 Å². The number of methoxy groups -OCH3 is 2. The summed E-state index contributed by atoms with van der Waals surface area (Å²) in [4.78, 5) is 22.1. The average molecular weight is 531 g/mol. The third-order valence-electron chi connectivity index (χ3n) is 6.58. The van der Waals surface area contributed by atoms with Crippen LogP contribution in [0.5, 0.6) is 22.4 Å². The van der Waals surface area contributed by atoms with E-state index in [1.807, 2.05) is 35.2 Å². The number of benzene rings is 3. The van der Waals surface area contributed by atoms with E-state index in [9.17, 15) is 4.79 Å². The van der Waals surface area contributed by atoms with Crippen LogP contribution >= 0.6 is 11.5 Å². The highest BCUT2D eigenvalue weighted by Gasteiger charge is 2.24. The fraction of sp³-hybridized carbons (Fsp3) is 0.276. The fourth-order valence-corrected chi connectivity index (χ4v) is 5.11. The van der Waals surface area contributed by atoms with E-state index in [0.717, 1.165) is 35.9 Å². The van der Waals surface area contributed by atoms with Crippen molar-refractivity contribution in [2.75, 3.05) is 45.3 Å². The van der Waals surface area contributed by atoms with Crippen molar-refractivity contribution in [3.63, 3.8) is 0 Å². The molecule has 0 N–H and O–H groups in total. The molecular formula is C29H30N4O4S. The highest BCUT2D eigenvalue weighted by atomic mass is 32.1. The first-order chi connectivity index (χ1) is 18.5. The second-order valence-electron chi connectivity index (χ2n) is 9.04. The third-order valence-corrected chi connectivity index (χ3v) is 7.21. The number of amides is 1. The summed E-state index contributed by atoms with van der Waals surface area (Å²) in [5.41, 5.74) is 4.06. The van der Waals surface area contributed by atoms with Crippen molar-refractivity contribution in [1.82, 2.24) is 14.3 Å². The first kappa shape index (κ1) is 25.5. The van der Waals surface area contributed by atoms with Crippen LogP contribution in [-0.4, -0.2) is 60.6 Å². The van der Waals surface area contributed by atoms with Gasteiger partial charge in [-0.05, 0) is 54.4 Å². The van der Waals surface area contributed by atoms with Crippen molar-refractivity contribution in [1.29, 1.82) is 0 Å². The molecule has 1 saturated heterocycles. The van der Waals surface area contributed by atoms with Crippen molar-refractivity contribution in [3.05, 3.63) is 89.2 Å². The molecule has 0 unspecified atom stereocenters. The summed E-state index contributed by atoms with van der Waals surface area (Å²) in [6.45, 7) is 5.00. The molecule has 0 atom stereocenters. The van der Waals surface area contributed by atoms with Gasteiger partial charge in [0, 0.05) is 55.4 Å². The van der Waals surface area contributed by atoms with E-state index in [0.29, 0.717) is 47.6 Å². The first-order valence-corrected chi connectivity index (χ1v) is 13.2. The molecular weight excluding hydrogens is 500 g/mol. The van der Waals surface area contributed by atoms with E-state index in [-0.39, 0.29) is 5.91 Å². The van der Waals surface area contributed by atoms with Crippen LogP contribution in [0.25, 0.3) is 0 Å². The summed E-state index contributed by atoms with van der Waals surface area (Å²) in [6, 6.07) is 21.4. The van der Waals surface area contributed by atoms with Crippen LogP contribution in [0.15, 0.2) is 66.7 Å². The molecule has 2 heterocycles. The Bertz CT molecular complexity index is 1420. The monoisotopic (exact) mass is 530 g/mol. The average Bonchev–Trinajstić information content (AvgIpc) is 3.39. The van der Waals surface area contributed by atoms with E-state index in [4.69, 9.17) is 14.2 Å². The number of aromatic nitrogens is 2. The van der Waals surface area contributed by atoms with Gasteiger partial charge in [0.2, 0.25) is 0 Å². The number of piperazine rings is 1. The van der Waals surface area contributed by atoms with E-state index < -0.39 is 0 Å². The Hall–Kier alpha value is -4.11. The fourth-order valence-electron chi connectivity index (χ4n) is 4.55. The number of aryl methyl sites for hydroxylation is 1. The number of carbonyl (C=O) groups is 1. The minimum atomic E-state index is -0.0297. The zero-order valence-electron chi connectivity index (χ0n) is 21.7. The Balaban J connectivity index is 1.26. The lowest BCUT2D eigenvalue weighted by molar-refractivity contribution is 0.0746. The highest BCUT2D eigenvalue weighted by Crippen LogP contribution is 2.34. The van der Waals surface area contributed by atoms with Crippen molar-refractivity contribution in [2.24, 2.45) is 0 Å². The third kappa shape index (κ3) is 5.73. The predicted octanol–water partition coefficient (Wildman–Crippen LogP) is 5.21. The van der Waals surface area contributed by atoms with Crippen molar-refractivity contribution in [2.45, 2.75) is 13.3 Å². The number of ether oxygens (including phenoxy) is 3. The second-order valence-corrected chi connectivity index (χ2v) is 9.75. The molecule has 0 saturated carbocycles. The SMILES string of the molecule is COc1cccc(Cc2nsc(Oc3cc(C(=O)N4CCN(c5ccccc5C)CC4)ccc3OC)n2)c1. The molecule has 196 valence electrons. The van der Waals surface area contributed by atoms with Crippen LogP contribution in [0.1, 0.15) is 27.3 Å². The maximum atomic E-state index is 13.3. The van der Waals surface area contributed by atoms with Crippen LogP contribution in [0.4, 0.5) is 5.69 Å². The lowest BCUT2D eigenvalue weighted by Gasteiger charge is -2.36. The molecule has 1 aromatic heterocycles. The number of anilines is 1. The van der Waals surface area contributed by atoms with Gasteiger partial charge in [-0.15, -0.1) is 0 Å². The standard InChI is InChI=1S/C29H30N4O4S/c1-20-7-4-5-10-24(20)32-13-15-33(16-14-32)28(34)22-11-12-25(36-3)26(19-22)37-29-30-27(31-38-29)18-21-8-6-9-23(17-21)35-2/h4-12,17,19H,13-16,18H2,1-3H3. The van der Waals surface area contributed by atoms with Gasteiger partial charge in [0.15, 0.2) is 17.3 Å². The summed E-state index contributed by atoms with van der Waals surface area (Å²) in [6.07, 6.45) is 0.557. The van der Waals surface area contributed by atoms with E-state index in [1.54, 1.807) is 32.4 Å². The zero-order chi connectivity index (χ0) is 26.5. The number of para-hydroxylation sites is 1. The Morgan fingerprint density at radius 3 is 2.50 bits per heavy atom. The summed E-state index contributed by atoms with van der Waals surface area (Å²) < 4.78 is 21.3. The molecule has 38 heavy (non-hydrogen) atoms. The normalized spacial score (nSPS) is 13.3. The van der Waals surface area contributed by atoms with Crippen LogP contribution in [0.2, 0.25) is 0 Å². The number of carbonyl (C=O) groups excluding carboxylic acids is 1. The number of hydrogen-bond acceptors (Lipinski definition) is 8. The summed E-state index contributed by atoms with van der Waals surface area (Å²) in [7, 11) is 3.21. The number of nitrogens with zero attached hydrogens (tertiary/aromatic N) is 4. The molecule has 0 spiro atoms.